The van der Waals surface area contributed by atoms with Gasteiger partial charge in [-0.05, 0) is 32.1 Å². The van der Waals surface area contributed by atoms with Crippen LogP contribution in [0, 0.1) is 0 Å². The van der Waals surface area contributed by atoms with E-state index >= 15 is 0 Å². The van der Waals surface area contributed by atoms with Crippen LogP contribution in [0.5, 0.6) is 0 Å². The highest BCUT2D eigenvalue weighted by molar-refractivity contribution is 7.89. The highest BCUT2D eigenvalue weighted by atomic mass is 32.2. The average molecular weight is 374 g/mol. The summed E-state index contributed by atoms with van der Waals surface area (Å²) in [6.45, 7) is 3.77. The van der Waals surface area contributed by atoms with Gasteiger partial charge in [0.05, 0.1) is 5.75 Å². The number of nitrogens with one attached hydrogen (secondary N) is 2. The van der Waals surface area contributed by atoms with Gasteiger partial charge in [-0.15, -0.1) is 0 Å². The lowest BCUT2D eigenvalue weighted by Crippen LogP contribution is -2.48. The van der Waals surface area contributed by atoms with Crippen LogP contribution in [0.25, 0.3) is 0 Å². The zero-order valence-electron chi connectivity index (χ0n) is 15.6. The summed E-state index contributed by atoms with van der Waals surface area (Å²) in [5, 5.41) is 6.46. The van der Waals surface area contributed by atoms with Crippen LogP contribution in [0.3, 0.4) is 0 Å². The first-order valence-corrected chi connectivity index (χ1v) is 11.7. The standard InChI is InChI=1S/C18H35N3O3S/c1-2-3-15-25(23,24)21-14-8-11-17(21)18(22)20-13-12-19-16-9-6-4-5-7-10-16/h16-17,19H,2-15H2,1H3,(H,20,22). The molecule has 6 nitrogen and oxygen atoms in total. The lowest BCUT2D eigenvalue weighted by atomic mass is 10.1. The molecule has 0 aromatic rings. The number of carbonyl (C=O) groups excluding carboxylic acids is 1. The third kappa shape index (κ3) is 6.53. The fraction of sp³-hybridized carbons (Fsp3) is 0.944. The largest absolute Gasteiger partial charge is 0.353 e. The Labute approximate surface area is 153 Å². The van der Waals surface area contributed by atoms with Crippen LogP contribution in [0.1, 0.15) is 71.1 Å². The normalized spacial score (nSPS) is 23.5. The number of hydrogen-bond donors (Lipinski definition) is 2. The summed E-state index contributed by atoms with van der Waals surface area (Å²) in [5.41, 5.74) is 0. The molecule has 2 fully saturated rings. The molecule has 1 amide bonds. The van der Waals surface area contributed by atoms with Gasteiger partial charge in [-0.2, -0.15) is 4.31 Å². The molecule has 25 heavy (non-hydrogen) atoms. The molecule has 0 radical (unpaired) electrons. The number of hydrogen-bond acceptors (Lipinski definition) is 4. The van der Waals surface area contributed by atoms with Crippen molar-refractivity contribution in [3.8, 4) is 0 Å². The first-order valence-electron chi connectivity index (χ1n) is 10.0. The molecule has 0 spiro atoms. The van der Waals surface area contributed by atoms with E-state index in [1.165, 1.54) is 42.8 Å². The molecular formula is C18H35N3O3S. The van der Waals surface area contributed by atoms with Crippen LogP contribution in [0.2, 0.25) is 0 Å². The maximum absolute atomic E-state index is 12.4. The minimum Gasteiger partial charge on any atom is -0.353 e. The molecule has 1 saturated heterocycles. The van der Waals surface area contributed by atoms with Crippen molar-refractivity contribution in [3.63, 3.8) is 0 Å². The zero-order chi connectivity index (χ0) is 18.1. The van der Waals surface area contributed by atoms with E-state index in [1.54, 1.807) is 0 Å². The van der Waals surface area contributed by atoms with E-state index in [1.807, 2.05) is 6.92 Å². The number of amides is 1. The van der Waals surface area contributed by atoms with Crippen molar-refractivity contribution in [1.82, 2.24) is 14.9 Å². The molecule has 7 heteroatoms. The summed E-state index contributed by atoms with van der Waals surface area (Å²) in [6, 6.07) is 0.0524. The number of rotatable bonds is 9. The topological polar surface area (TPSA) is 78.5 Å². The van der Waals surface area contributed by atoms with E-state index in [0.29, 0.717) is 32.0 Å². The lowest BCUT2D eigenvalue weighted by Gasteiger charge is -2.23. The number of unbranched alkanes of at least 4 members (excludes halogenated alkanes) is 1. The van der Waals surface area contributed by atoms with Gasteiger partial charge in [-0.25, -0.2) is 8.42 Å². The Hall–Kier alpha value is -0.660. The van der Waals surface area contributed by atoms with Gasteiger partial charge in [0.15, 0.2) is 0 Å². The van der Waals surface area contributed by atoms with Crippen molar-refractivity contribution in [2.75, 3.05) is 25.4 Å². The van der Waals surface area contributed by atoms with Gasteiger partial charge in [-0.3, -0.25) is 4.79 Å². The number of nitrogens with zero attached hydrogens (tertiary/aromatic N) is 1. The van der Waals surface area contributed by atoms with Gasteiger partial charge < -0.3 is 10.6 Å². The summed E-state index contributed by atoms with van der Waals surface area (Å²) in [7, 11) is -3.31. The van der Waals surface area contributed by atoms with Gasteiger partial charge >= 0.3 is 0 Å². The molecule has 2 aliphatic rings. The van der Waals surface area contributed by atoms with E-state index in [2.05, 4.69) is 10.6 Å². The van der Waals surface area contributed by atoms with E-state index in [0.717, 1.165) is 19.4 Å². The molecule has 2 N–H and O–H groups in total. The Balaban J connectivity index is 1.73. The molecule has 0 bridgehead atoms. The smallest absolute Gasteiger partial charge is 0.238 e. The lowest BCUT2D eigenvalue weighted by molar-refractivity contribution is -0.124. The van der Waals surface area contributed by atoms with E-state index in [-0.39, 0.29) is 11.7 Å². The molecular weight excluding hydrogens is 338 g/mol. The fourth-order valence-corrected chi connectivity index (χ4v) is 5.73. The second-order valence-electron chi connectivity index (χ2n) is 7.37. The molecule has 1 saturated carbocycles. The Kier molecular flexibility index (Phi) is 8.66. The Bertz CT molecular complexity index is 502. The zero-order valence-corrected chi connectivity index (χ0v) is 16.5. The quantitative estimate of drug-likeness (QED) is 0.479. The minimum absolute atomic E-state index is 0.139. The molecule has 1 atom stereocenters. The molecule has 1 unspecified atom stereocenters. The summed E-state index contributed by atoms with van der Waals surface area (Å²) in [5.74, 6) is 0.0107. The van der Waals surface area contributed by atoms with Crippen molar-refractivity contribution in [2.24, 2.45) is 0 Å². The van der Waals surface area contributed by atoms with Crippen molar-refractivity contribution >= 4 is 15.9 Å². The Morgan fingerprint density at radius 1 is 1.04 bits per heavy atom. The van der Waals surface area contributed by atoms with Crippen LogP contribution in [-0.4, -0.2) is 56.1 Å². The van der Waals surface area contributed by atoms with Crippen LogP contribution in [0.15, 0.2) is 0 Å². The van der Waals surface area contributed by atoms with Crippen LogP contribution in [0.4, 0.5) is 0 Å². The minimum atomic E-state index is -3.31. The molecule has 1 aliphatic heterocycles. The maximum Gasteiger partial charge on any atom is 0.238 e. The van der Waals surface area contributed by atoms with E-state index in [4.69, 9.17) is 0 Å². The van der Waals surface area contributed by atoms with Gasteiger partial charge in [0, 0.05) is 25.7 Å². The third-order valence-corrected chi connectivity index (χ3v) is 7.29. The van der Waals surface area contributed by atoms with Gasteiger partial charge in [-0.1, -0.05) is 39.0 Å². The molecule has 1 aliphatic carbocycles. The van der Waals surface area contributed by atoms with Crippen molar-refractivity contribution in [1.29, 1.82) is 0 Å². The summed E-state index contributed by atoms with van der Waals surface area (Å²) < 4.78 is 26.2. The van der Waals surface area contributed by atoms with E-state index < -0.39 is 16.1 Å². The Morgan fingerprint density at radius 3 is 2.44 bits per heavy atom. The fourth-order valence-electron chi connectivity index (χ4n) is 3.84. The molecule has 0 aromatic heterocycles. The van der Waals surface area contributed by atoms with Gasteiger partial charge in [0.25, 0.3) is 0 Å². The van der Waals surface area contributed by atoms with Gasteiger partial charge in [0.2, 0.25) is 15.9 Å². The monoisotopic (exact) mass is 373 g/mol. The maximum atomic E-state index is 12.4. The third-order valence-electron chi connectivity index (χ3n) is 5.33. The summed E-state index contributed by atoms with van der Waals surface area (Å²) >= 11 is 0. The first-order chi connectivity index (χ1) is 12.0. The highest BCUT2D eigenvalue weighted by Gasteiger charge is 2.37. The molecule has 0 aromatic carbocycles. The van der Waals surface area contributed by atoms with Crippen LogP contribution < -0.4 is 10.6 Å². The van der Waals surface area contributed by atoms with Crippen molar-refractivity contribution in [2.45, 2.75) is 83.2 Å². The highest BCUT2D eigenvalue weighted by Crippen LogP contribution is 2.22. The van der Waals surface area contributed by atoms with E-state index in [9.17, 15) is 13.2 Å². The van der Waals surface area contributed by atoms with Crippen LogP contribution in [-0.2, 0) is 14.8 Å². The average Bonchev–Trinajstić information content (AvgIpc) is 2.96. The molecule has 2 rings (SSSR count). The molecule has 146 valence electrons. The summed E-state index contributed by atoms with van der Waals surface area (Å²) in [4.78, 5) is 12.4. The Morgan fingerprint density at radius 2 is 1.76 bits per heavy atom. The number of sulfonamides is 1. The number of carbonyl (C=O) groups is 1. The van der Waals surface area contributed by atoms with Crippen LogP contribution >= 0.6 is 0 Å². The molecule has 1 heterocycles. The second-order valence-corrected chi connectivity index (χ2v) is 9.41. The van der Waals surface area contributed by atoms with Crippen molar-refractivity contribution in [3.05, 3.63) is 0 Å². The summed E-state index contributed by atoms with van der Waals surface area (Å²) in [6.07, 6.45) is 10.6. The van der Waals surface area contributed by atoms with Gasteiger partial charge in [0.1, 0.15) is 6.04 Å². The predicted molar refractivity (Wildman–Crippen MR) is 101 cm³/mol. The first kappa shape index (κ1) is 20.6. The SMILES string of the molecule is CCCCS(=O)(=O)N1CCCC1C(=O)NCCNC1CCCCCC1. The second kappa shape index (κ2) is 10.5. The predicted octanol–water partition coefficient (Wildman–Crippen LogP) is 2.01. The van der Waals surface area contributed by atoms with Crippen molar-refractivity contribution < 1.29 is 13.2 Å².